The predicted molar refractivity (Wildman–Crippen MR) is 70.2 cm³/mol. The maximum Gasteiger partial charge on any atom is 0.308 e. The molecule has 0 bridgehead atoms. The van der Waals surface area contributed by atoms with Crippen LogP contribution in [0, 0.1) is 18.8 Å². The van der Waals surface area contributed by atoms with Gasteiger partial charge < -0.3 is 10.0 Å². The highest BCUT2D eigenvalue weighted by Crippen LogP contribution is 2.29. The lowest BCUT2D eigenvalue weighted by Gasteiger charge is -2.17. The van der Waals surface area contributed by atoms with Crippen molar-refractivity contribution in [3.8, 4) is 0 Å². The number of carboxylic acids is 1. The molecule has 1 aliphatic rings. The van der Waals surface area contributed by atoms with Crippen molar-refractivity contribution in [2.24, 2.45) is 11.8 Å². The SMILES string of the molecule is Cc1cc2c(N3CC(C)C(C(=O)O)C3)nccn2n1. The van der Waals surface area contributed by atoms with Crippen LogP contribution in [-0.4, -0.2) is 38.8 Å². The predicted octanol–water partition coefficient (Wildman–Crippen LogP) is 1.19. The van der Waals surface area contributed by atoms with Gasteiger partial charge in [0.25, 0.3) is 0 Å². The summed E-state index contributed by atoms with van der Waals surface area (Å²) in [4.78, 5) is 17.6. The second-order valence-corrected chi connectivity index (χ2v) is 5.19. The molecular weight excluding hydrogens is 244 g/mol. The summed E-state index contributed by atoms with van der Waals surface area (Å²) in [7, 11) is 0. The Morgan fingerprint density at radius 3 is 2.95 bits per heavy atom. The Bertz CT molecular complexity index is 637. The highest BCUT2D eigenvalue weighted by Gasteiger charge is 2.36. The maximum absolute atomic E-state index is 11.2. The van der Waals surface area contributed by atoms with Crippen LogP contribution in [0.4, 0.5) is 5.82 Å². The van der Waals surface area contributed by atoms with Crippen LogP contribution >= 0.6 is 0 Å². The van der Waals surface area contributed by atoms with E-state index in [-0.39, 0.29) is 11.8 Å². The van der Waals surface area contributed by atoms with Crippen LogP contribution < -0.4 is 4.90 Å². The molecule has 2 unspecified atom stereocenters. The molecule has 1 fully saturated rings. The fourth-order valence-electron chi connectivity index (χ4n) is 2.74. The van der Waals surface area contributed by atoms with E-state index in [0.29, 0.717) is 13.1 Å². The van der Waals surface area contributed by atoms with Crippen molar-refractivity contribution < 1.29 is 9.90 Å². The van der Waals surface area contributed by atoms with Crippen LogP contribution in [0.1, 0.15) is 12.6 Å². The molecule has 0 spiro atoms. The molecule has 1 saturated heterocycles. The minimum atomic E-state index is -0.730. The van der Waals surface area contributed by atoms with E-state index >= 15 is 0 Å². The molecular formula is C13H16N4O2. The second kappa shape index (κ2) is 4.22. The molecule has 0 radical (unpaired) electrons. The van der Waals surface area contributed by atoms with E-state index in [1.54, 1.807) is 16.9 Å². The Kier molecular flexibility index (Phi) is 2.66. The van der Waals surface area contributed by atoms with Crippen molar-refractivity contribution in [3.05, 3.63) is 24.2 Å². The molecule has 19 heavy (non-hydrogen) atoms. The van der Waals surface area contributed by atoms with E-state index in [1.165, 1.54) is 0 Å². The molecule has 2 aromatic rings. The van der Waals surface area contributed by atoms with Crippen molar-refractivity contribution in [2.45, 2.75) is 13.8 Å². The summed E-state index contributed by atoms with van der Waals surface area (Å²) in [6.07, 6.45) is 3.51. The van der Waals surface area contributed by atoms with Crippen LogP contribution in [0.3, 0.4) is 0 Å². The van der Waals surface area contributed by atoms with Crippen LogP contribution in [0.2, 0.25) is 0 Å². The topological polar surface area (TPSA) is 70.7 Å². The van der Waals surface area contributed by atoms with Crippen molar-refractivity contribution >= 4 is 17.3 Å². The average Bonchev–Trinajstić information content (AvgIpc) is 2.90. The number of hydrogen-bond donors (Lipinski definition) is 1. The fourth-order valence-corrected chi connectivity index (χ4v) is 2.74. The first-order valence-corrected chi connectivity index (χ1v) is 6.35. The molecule has 2 atom stereocenters. The van der Waals surface area contributed by atoms with Gasteiger partial charge in [-0.1, -0.05) is 6.92 Å². The smallest absolute Gasteiger partial charge is 0.308 e. The molecule has 3 rings (SSSR count). The van der Waals surface area contributed by atoms with E-state index in [1.807, 2.05) is 24.8 Å². The average molecular weight is 260 g/mol. The Labute approximate surface area is 110 Å². The Balaban J connectivity index is 1.99. The number of aromatic nitrogens is 3. The summed E-state index contributed by atoms with van der Waals surface area (Å²) in [5, 5.41) is 13.6. The van der Waals surface area contributed by atoms with Gasteiger partial charge in [-0.15, -0.1) is 0 Å². The number of hydrogen-bond acceptors (Lipinski definition) is 4. The van der Waals surface area contributed by atoms with Crippen LogP contribution in [0.5, 0.6) is 0 Å². The van der Waals surface area contributed by atoms with E-state index in [0.717, 1.165) is 17.0 Å². The lowest BCUT2D eigenvalue weighted by molar-refractivity contribution is -0.142. The summed E-state index contributed by atoms with van der Waals surface area (Å²) in [5.74, 6) is -0.111. The zero-order valence-corrected chi connectivity index (χ0v) is 10.9. The van der Waals surface area contributed by atoms with Gasteiger partial charge in [-0.2, -0.15) is 5.10 Å². The molecule has 1 aliphatic heterocycles. The van der Waals surface area contributed by atoms with Crippen molar-refractivity contribution in [1.29, 1.82) is 0 Å². The maximum atomic E-state index is 11.2. The molecule has 100 valence electrons. The summed E-state index contributed by atoms with van der Waals surface area (Å²) >= 11 is 0. The zero-order chi connectivity index (χ0) is 13.6. The largest absolute Gasteiger partial charge is 0.481 e. The van der Waals surface area contributed by atoms with Gasteiger partial charge in [-0.05, 0) is 18.9 Å². The Hall–Kier alpha value is -2.11. The second-order valence-electron chi connectivity index (χ2n) is 5.19. The highest BCUT2D eigenvalue weighted by molar-refractivity contribution is 5.75. The number of fused-ring (bicyclic) bond motifs is 1. The summed E-state index contributed by atoms with van der Waals surface area (Å²) in [6.45, 7) is 5.13. The summed E-state index contributed by atoms with van der Waals surface area (Å²) in [5.41, 5.74) is 1.86. The lowest BCUT2D eigenvalue weighted by Crippen LogP contribution is -2.24. The lowest BCUT2D eigenvalue weighted by atomic mass is 9.99. The molecule has 0 amide bonds. The normalized spacial score (nSPS) is 23.2. The molecule has 0 saturated carbocycles. The number of aryl methyl sites for hydroxylation is 1. The number of carboxylic acid groups (broad SMARTS) is 1. The molecule has 6 nitrogen and oxygen atoms in total. The standard InChI is InChI=1S/C13H16N4O2/c1-8-6-16(7-10(8)13(18)19)12-11-5-9(2)15-17(11)4-3-14-12/h3-5,8,10H,6-7H2,1-2H3,(H,18,19). The van der Waals surface area contributed by atoms with Gasteiger partial charge >= 0.3 is 5.97 Å². The third-order valence-electron chi connectivity index (χ3n) is 3.72. The summed E-state index contributed by atoms with van der Waals surface area (Å²) in [6, 6.07) is 1.97. The van der Waals surface area contributed by atoms with E-state index < -0.39 is 5.97 Å². The van der Waals surface area contributed by atoms with E-state index in [9.17, 15) is 9.90 Å². The van der Waals surface area contributed by atoms with Gasteiger partial charge in [0.2, 0.25) is 0 Å². The van der Waals surface area contributed by atoms with Crippen LogP contribution in [-0.2, 0) is 4.79 Å². The number of anilines is 1. The minimum Gasteiger partial charge on any atom is -0.481 e. The molecule has 3 heterocycles. The zero-order valence-electron chi connectivity index (χ0n) is 10.9. The third-order valence-corrected chi connectivity index (χ3v) is 3.72. The third kappa shape index (κ3) is 1.93. The molecule has 0 aliphatic carbocycles. The highest BCUT2D eigenvalue weighted by atomic mass is 16.4. The fraction of sp³-hybridized carbons (Fsp3) is 0.462. The van der Waals surface area contributed by atoms with E-state index in [4.69, 9.17) is 0 Å². The van der Waals surface area contributed by atoms with Crippen LogP contribution in [0.15, 0.2) is 18.5 Å². The van der Waals surface area contributed by atoms with Crippen molar-refractivity contribution in [1.82, 2.24) is 14.6 Å². The number of carbonyl (C=O) groups is 1. The van der Waals surface area contributed by atoms with Gasteiger partial charge in [-0.25, -0.2) is 9.50 Å². The van der Waals surface area contributed by atoms with Crippen molar-refractivity contribution in [2.75, 3.05) is 18.0 Å². The van der Waals surface area contributed by atoms with Gasteiger partial charge in [0, 0.05) is 25.5 Å². The van der Waals surface area contributed by atoms with Gasteiger partial charge in [-0.3, -0.25) is 4.79 Å². The first-order chi connectivity index (χ1) is 9.06. The number of nitrogens with zero attached hydrogens (tertiary/aromatic N) is 4. The number of rotatable bonds is 2. The Morgan fingerprint density at radius 2 is 2.26 bits per heavy atom. The number of aliphatic carboxylic acids is 1. The summed E-state index contributed by atoms with van der Waals surface area (Å²) < 4.78 is 1.79. The molecule has 0 aromatic carbocycles. The monoisotopic (exact) mass is 260 g/mol. The Morgan fingerprint density at radius 1 is 1.47 bits per heavy atom. The van der Waals surface area contributed by atoms with Gasteiger partial charge in [0.1, 0.15) is 5.52 Å². The van der Waals surface area contributed by atoms with Crippen molar-refractivity contribution in [3.63, 3.8) is 0 Å². The van der Waals surface area contributed by atoms with Gasteiger partial charge in [0.15, 0.2) is 5.82 Å². The molecule has 1 N–H and O–H groups in total. The molecule has 2 aromatic heterocycles. The van der Waals surface area contributed by atoms with E-state index in [2.05, 4.69) is 10.1 Å². The molecule has 6 heteroatoms. The quantitative estimate of drug-likeness (QED) is 0.878. The van der Waals surface area contributed by atoms with Gasteiger partial charge in [0.05, 0.1) is 11.6 Å². The van der Waals surface area contributed by atoms with Crippen LogP contribution in [0.25, 0.3) is 5.52 Å². The first-order valence-electron chi connectivity index (χ1n) is 6.35. The minimum absolute atomic E-state index is 0.128. The first kappa shape index (κ1) is 12.0.